The first-order chi connectivity index (χ1) is 14.2. The lowest BCUT2D eigenvalue weighted by Crippen LogP contribution is -2.38. The van der Waals surface area contributed by atoms with Gasteiger partial charge in [0, 0.05) is 5.92 Å². The van der Waals surface area contributed by atoms with Crippen molar-refractivity contribution in [1.29, 1.82) is 0 Å². The summed E-state index contributed by atoms with van der Waals surface area (Å²) in [5.41, 5.74) is 4.68. The van der Waals surface area contributed by atoms with Gasteiger partial charge in [-0.05, 0) is 74.6 Å². The quantitative estimate of drug-likeness (QED) is 0.758. The Morgan fingerprint density at radius 1 is 0.900 bits per heavy atom. The van der Waals surface area contributed by atoms with Gasteiger partial charge in [0.2, 0.25) is 5.91 Å². The number of rotatable bonds is 4. The molecule has 0 aliphatic heterocycles. The third-order valence-electron chi connectivity index (χ3n) is 6.73. The summed E-state index contributed by atoms with van der Waals surface area (Å²) in [6.45, 7) is 5.29. The zero-order chi connectivity index (χ0) is 21.5. The molecule has 0 aromatic heterocycles. The van der Waals surface area contributed by atoms with Gasteiger partial charge in [-0.2, -0.15) is 0 Å². The second-order valence-electron chi connectivity index (χ2n) is 9.73. The third-order valence-corrected chi connectivity index (χ3v) is 9.50. The highest BCUT2D eigenvalue weighted by Crippen LogP contribution is 2.43. The molecule has 160 valence electrons. The minimum atomic E-state index is -3.12. The molecule has 0 atom stereocenters. The van der Waals surface area contributed by atoms with E-state index in [0.29, 0.717) is 0 Å². The number of amides is 1. The largest absolute Gasteiger partial charge is 0.345 e. The number of carbonyl (C=O) groups excluding carboxylic acids is 1. The van der Waals surface area contributed by atoms with Crippen LogP contribution in [0.2, 0.25) is 0 Å². The Bertz CT molecular complexity index is 999. The molecule has 0 unspecified atom stereocenters. The maximum atomic E-state index is 13.1. The van der Waals surface area contributed by atoms with Crippen LogP contribution in [0.15, 0.2) is 48.5 Å². The molecule has 1 saturated carbocycles. The first-order valence-corrected chi connectivity index (χ1v) is 12.5. The molecule has 0 saturated heterocycles. The van der Waals surface area contributed by atoms with Gasteiger partial charge >= 0.3 is 0 Å². The number of benzene rings is 2. The smallest absolute Gasteiger partial charge is 0.223 e. The third kappa shape index (κ3) is 3.92. The Morgan fingerprint density at radius 3 is 1.90 bits per heavy atom. The summed E-state index contributed by atoms with van der Waals surface area (Å²) in [4.78, 5) is 13.1. The van der Waals surface area contributed by atoms with E-state index in [4.69, 9.17) is 0 Å². The molecule has 1 N–H and O–H groups in total. The van der Waals surface area contributed by atoms with Gasteiger partial charge in [0.15, 0.2) is 9.84 Å². The van der Waals surface area contributed by atoms with E-state index in [1.165, 1.54) is 11.1 Å². The molecular weight excluding hydrogens is 394 g/mol. The molecule has 1 amide bonds. The van der Waals surface area contributed by atoms with Crippen molar-refractivity contribution in [2.75, 3.05) is 5.75 Å². The molecule has 0 radical (unpaired) electrons. The van der Waals surface area contributed by atoms with Gasteiger partial charge in [0.05, 0.1) is 16.5 Å². The number of fused-ring (bicyclic) bond motifs is 3. The molecule has 0 heterocycles. The topological polar surface area (TPSA) is 63.2 Å². The fourth-order valence-corrected chi connectivity index (χ4v) is 6.18. The summed E-state index contributed by atoms with van der Waals surface area (Å²) in [6.07, 6.45) is 3.11. The number of sulfone groups is 1. The van der Waals surface area contributed by atoms with Crippen molar-refractivity contribution in [2.24, 2.45) is 11.8 Å². The van der Waals surface area contributed by atoms with Crippen molar-refractivity contribution in [3.05, 3.63) is 59.7 Å². The van der Waals surface area contributed by atoms with E-state index < -0.39 is 14.6 Å². The average molecular weight is 426 g/mol. The van der Waals surface area contributed by atoms with Gasteiger partial charge in [0.1, 0.15) is 0 Å². The molecule has 2 aromatic rings. The van der Waals surface area contributed by atoms with Crippen molar-refractivity contribution < 1.29 is 13.2 Å². The molecule has 2 aromatic carbocycles. The van der Waals surface area contributed by atoms with Gasteiger partial charge in [0.25, 0.3) is 0 Å². The number of nitrogens with one attached hydrogen (secondary N) is 1. The van der Waals surface area contributed by atoms with Crippen molar-refractivity contribution in [2.45, 2.75) is 57.2 Å². The van der Waals surface area contributed by atoms with E-state index in [9.17, 15) is 13.2 Å². The first kappa shape index (κ1) is 21.1. The van der Waals surface area contributed by atoms with Crippen molar-refractivity contribution >= 4 is 15.7 Å². The molecule has 1 fully saturated rings. The molecule has 0 bridgehead atoms. The van der Waals surface area contributed by atoms with Gasteiger partial charge in [-0.1, -0.05) is 48.5 Å². The van der Waals surface area contributed by atoms with Gasteiger partial charge in [-0.3, -0.25) is 4.79 Å². The van der Waals surface area contributed by atoms with Gasteiger partial charge in [-0.25, -0.2) is 8.42 Å². The van der Waals surface area contributed by atoms with Crippen LogP contribution in [-0.2, 0) is 14.6 Å². The number of hydrogen-bond acceptors (Lipinski definition) is 3. The Morgan fingerprint density at radius 2 is 1.40 bits per heavy atom. The highest BCUT2D eigenvalue weighted by Gasteiger charge is 2.36. The molecule has 2 aliphatic rings. The second kappa shape index (κ2) is 7.84. The van der Waals surface area contributed by atoms with E-state index >= 15 is 0 Å². The summed E-state index contributed by atoms with van der Waals surface area (Å²) >= 11 is 0. The van der Waals surface area contributed by atoms with Crippen LogP contribution >= 0.6 is 0 Å². The van der Waals surface area contributed by atoms with Crippen LogP contribution in [0.5, 0.6) is 0 Å². The van der Waals surface area contributed by atoms with Crippen molar-refractivity contribution in [1.82, 2.24) is 5.32 Å². The maximum absolute atomic E-state index is 13.1. The second-order valence-corrected chi connectivity index (χ2v) is 12.5. The zero-order valence-electron chi connectivity index (χ0n) is 18.0. The lowest BCUT2D eigenvalue weighted by atomic mass is 9.82. The summed E-state index contributed by atoms with van der Waals surface area (Å²) in [6, 6.07) is 16.4. The molecule has 4 rings (SSSR count). The molecule has 30 heavy (non-hydrogen) atoms. The van der Waals surface area contributed by atoms with Crippen molar-refractivity contribution in [3.63, 3.8) is 0 Å². The van der Waals surface area contributed by atoms with Gasteiger partial charge in [-0.15, -0.1) is 0 Å². The van der Waals surface area contributed by atoms with Gasteiger partial charge < -0.3 is 5.32 Å². The SMILES string of the molecule is CC(C)(C)S(=O)(=O)CC1CCC(C(=O)NC2c3ccccc3-c3ccccc32)CC1. The van der Waals surface area contributed by atoms with Crippen molar-refractivity contribution in [3.8, 4) is 11.1 Å². The Hall–Kier alpha value is -2.14. The van der Waals surface area contributed by atoms with E-state index in [-0.39, 0.29) is 29.5 Å². The summed E-state index contributed by atoms with van der Waals surface area (Å²) < 4.78 is 24.3. The van der Waals surface area contributed by atoms with Crippen LogP contribution in [0, 0.1) is 11.8 Å². The predicted octanol–water partition coefficient (Wildman–Crippen LogP) is 4.89. The number of hydrogen-bond donors (Lipinski definition) is 1. The monoisotopic (exact) mass is 425 g/mol. The number of carbonyl (C=O) groups is 1. The fraction of sp³-hybridized carbons (Fsp3) is 0.480. The molecular formula is C25H31NO3S. The summed E-state index contributed by atoms with van der Waals surface area (Å²) in [7, 11) is -3.12. The average Bonchev–Trinajstić information content (AvgIpc) is 3.02. The van der Waals surface area contributed by atoms with Crippen LogP contribution in [0.3, 0.4) is 0 Å². The van der Waals surface area contributed by atoms with Crippen LogP contribution in [0.25, 0.3) is 11.1 Å². The standard InChI is InChI=1S/C25H31NO3S/c1-25(2,3)30(28,29)16-17-12-14-18(15-13-17)24(27)26-23-21-10-6-4-8-19(21)20-9-5-7-11-22(20)23/h4-11,17-18,23H,12-16H2,1-3H3,(H,26,27). The van der Waals surface area contributed by atoms with Crippen LogP contribution < -0.4 is 5.32 Å². The summed E-state index contributed by atoms with van der Waals surface area (Å²) in [5, 5.41) is 3.29. The van der Waals surface area contributed by atoms with E-state index in [1.54, 1.807) is 20.8 Å². The molecule has 4 nitrogen and oxygen atoms in total. The highest BCUT2D eigenvalue weighted by atomic mass is 32.2. The first-order valence-electron chi connectivity index (χ1n) is 10.9. The maximum Gasteiger partial charge on any atom is 0.223 e. The normalized spacial score (nSPS) is 21.7. The Labute approximate surface area is 180 Å². The minimum Gasteiger partial charge on any atom is -0.345 e. The summed E-state index contributed by atoms with van der Waals surface area (Å²) in [5.74, 6) is 0.433. The van der Waals surface area contributed by atoms with E-state index in [1.807, 2.05) is 24.3 Å². The van der Waals surface area contributed by atoms with Crippen LogP contribution in [0.1, 0.15) is 63.6 Å². The molecule has 0 spiro atoms. The Balaban J connectivity index is 1.42. The van der Waals surface area contributed by atoms with Crippen LogP contribution in [0.4, 0.5) is 0 Å². The van der Waals surface area contributed by atoms with E-state index in [2.05, 4.69) is 29.6 Å². The van der Waals surface area contributed by atoms with Crippen LogP contribution in [-0.4, -0.2) is 24.8 Å². The molecule has 2 aliphatic carbocycles. The zero-order valence-corrected chi connectivity index (χ0v) is 18.8. The minimum absolute atomic E-state index is 0.0430. The molecule has 5 heteroatoms. The fourth-order valence-electron chi connectivity index (χ4n) is 4.72. The van der Waals surface area contributed by atoms with E-state index in [0.717, 1.165) is 36.8 Å². The lowest BCUT2D eigenvalue weighted by Gasteiger charge is -2.30. The lowest BCUT2D eigenvalue weighted by molar-refractivity contribution is -0.126. The predicted molar refractivity (Wildman–Crippen MR) is 121 cm³/mol. The Kier molecular flexibility index (Phi) is 5.52. The highest BCUT2D eigenvalue weighted by molar-refractivity contribution is 7.92.